The van der Waals surface area contributed by atoms with E-state index < -0.39 is 12.1 Å². The lowest BCUT2D eigenvalue weighted by Crippen LogP contribution is -2.49. The number of carbonyl (C=O) groups excluding carboxylic acids is 2. The number of benzene rings is 1. The van der Waals surface area contributed by atoms with Crippen molar-refractivity contribution < 1.29 is 32.0 Å². The Morgan fingerprint density at radius 2 is 2.10 bits per heavy atom. The molecular formula is C20H23F3N4O4. The summed E-state index contributed by atoms with van der Waals surface area (Å²) in [4.78, 5) is 30.5. The van der Waals surface area contributed by atoms with Crippen molar-refractivity contribution in [1.29, 1.82) is 0 Å². The minimum Gasteiger partial charge on any atom is -0.383 e. The van der Waals surface area contributed by atoms with Gasteiger partial charge in [0.2, 0.25) is 11.7 Å². The van der Waals surface area contributed by atoms with Gasteiger partial charge in [-0.15, -0.1) is 0 Å². The Hall–Kier alpha value is -2.95. The van der Waals surface area contributed by atoms with Gasteiger partial charge in [0.15, 0.2) is 0 Å². The van der Waals surface area contributed by atoms with E-state index in [0.29, 0.717) is 26.0 Å². The summed E-state index contributed by atoms with van der Waals surface area (Å²) in [7, 11) is 1.54. The molecule has 2 aromatic rings. The molecule has 2 amide bonds. The topological polar surface area (TPSA) is 97.6 Å². The summed E-state index contributed by atoms with van der Waals surface area (Å²) in [5, 5.41) is 6.15. The van der Waals surface area contributed by atoms with Crippen molar-refractivity contribution in [3.8, 4) is 11.4 Å². The fourth-order valence-corrected chi connectivity index (χ4v) is 3.44. The average molecular weight is 440 g/mol. The summed E-state index contributed by atoms with van der Waals surface area (Å²) in [6.45, 7) is 2.94. The van der Waals surface area contributed by atoms with Gasteiger partial charge in [-0.05, 0) is 31.9 Å². The Morgan fingerprint density at radius 1 is 1.32 bits per heavy atom. The van der Waals surface area contributed by atoms with Crippen LogP contribution in [0.3, 0.4) is 0 Å². The molecule has 0 radical (unpaired) electrons. The minimum atomic E-state index is -4.75. The lowest BCUT2D eigenvalue weighted by Gasteiger charge is -2.37. The van der Waals surface area contributed by atoms with Gasteiger partial charge < -0.3 is 19.5 Å². The zero-order chi connectivity index (χ0) is 22.6. The van der Waals surface area contributed by atoms with Crippen LogP contribution < -0.4 is 5.32 Å². The number of nitrogens with one attached hydrogen (secondary N) is 1. The fraction of sp³-hybridized carbons (Fsp3) is 0.500. The number of ether oxygens (including phenoxy) is 1. The van der Waals surface area contributed by atoms with Crippen molar-refractivity contribution in [2.24, 2.45) is 5.92 Å². The van der Waals surface area contributed by atoms with E-state index in [1.165, 1.54) is 18.2 Å². The molecule has 1 aromatic carbocycles. The van der Waals surface area contributed by atoms with Gasteiger partial charge >= 0.3 is 12.1 Å². The van der Waals surface area contributed by atoms with E-state index in [1.807, 2.05) is 6.92 Å². The van der Waals surface area contributed by atoms with Crippen LogP contribution in [0.2, 0.25) is 0 Å². The number of likely N-dealkylation sites (tertiary alicyclic amines) is 1. The van der Waals surface area contributed by atoms with E-state index in [0.717, 1.165) is 0 Å². The van der Waals surface area contributed by atoms with Crippen LogP contribution in [0.25, 0.3) is 11.4 Å². The molecule has 1 aliphatic heterocycles. The number of rotatable bonds is 6. The highest BCUT2D eigenvalue weighted by molar-refractivity contribution is 5.96. The first kappa shape index (κ1) is 22.7. The maximum Gasteiger partial charge on any atom is 0.471 e. The van der Waals surface area contributed by atoms with Crippen LogP contribution in [0.4, 0.5) is 13.2 Å². The van der Waals surface area contributed by atoms with Crippen LogP contribution in [-0.2, 0) is 15.7 Å². The molecule has 1 N–H and O–H groups in total. The second kappa shape index (κ2) is 9.46. The predicted octanol–water partition coefficient (Wildman–Crippen LogP) is 2.76. The van der Waals surface area contributed by atoms with Crippen LogP contribution >= 0.6 is 0 Å². The number of hydrogen-bond acceptors (Lipinski definition) is 6. The van der Waals surface area contributed by atoms with E-state index in [2.05, 4.69) is 20.0 Å². The second-order valence-corrected chi connectivity index (χ2v) is 7.37. The summed E-state index contributed by atoms with van der Waals surface area (Å²) >= 11 is 0. The highest BCUT2D eigenvalue weighted by atomic mass is 19.4. The van der Waals surface area contributed by atoms with E-state index in [9.17, 15) is 22.8 Å². The molecule has 1 saturated heterocycles. The Morgan fingerprint density at radius 3 is 2.77 bits per heavy atom. The van der Waals surface area contributed by atoms with Gasteiger partial charge in [0.25, 0.3) is 5.91 Å². The van der Waals surface area contributed by atoms with Crippen molar-refractivity contribution in [2.75, 3.05) is 26.8 Å². The van der Waals surface area contributed by atoms with Crippen molar-refractivity contribution >= 4 is 11.8 Å². The van der Waals surface area contributed by atoms with Crippen LogP contribution in [0.5, 0.6) is 0 Å². The molecule has 3 rings (SSSR count). The van der Waals surface area contributed by atoms with Gasteiger partial charge in [0.05, 0.1) is 12.5 Å². The van der Waals surface area contributed by atoms with Gasteiger partial charge in [0, 0.05) is 37.4 Å². The third kappa shape index (κ3) is 5.40. The van der Waals surface area contributed by atoms with Gasteiger partial charge in [0.1, 0.15) is 0 Å². The number of alkyl halides is 3. The number of nitrogens with zero attached hydrogens (tertiary/aromatic N) is 3. The van der Waals surface area contributed by atoms with Crippen LogP contribution in [0.1, 0.15) is 36.0 Å². The summed E-state index contributed by atoms with van der Waals surface area (Å²) in [5.74, 6) is -2.51. The standard InChI is InChI=1S/C20H23F3N4O4/c1-12-6-7-15(17(28)24-8-9-30-2)11-27(12)18(29)14-5-3-4-13(10-14)16-25-19(31-26-16)20(21,22)23/h3-5,10,12,15H,6-9,11H2,1-2H3,(H,24,28)/t12-,15+/m1/s1. The molecule has 168 valence electrons. The van der Waals surface area contributed by atoms with Crippen LogP contribution in [0, 0.1) is 5.92 Å². The van der Waals surface area contributed by atoms with E-state index in [-0.39, 0.29) is 47.3 Å². The minimum absolute atomic E-state index is 0.0822. The number of carbonyl (C=O) groups is 2. The molecule has 1 aromatic heterocycles. The number of piperidine rings is 1. The first-order valence-corrected chi connectivity index (χ1v) is 9.79. The second-order valence-electron chi connectivity index (χ2n) is 7.37. The molecule has 0 bridgehead atoms. The quantitative estimate of drug-likeness (QED) is 0.694. The fourth-order valence-electron chi connectivity index (χ4n) is 3.44. The monoisotopic (exact) mass is 440 g/mol. The third-order valence-corrected chi connectivity index (χ3v) is 5.16. The number of amides is 2. The summed E-state index contributed by atoms with van der Waals surface area (Å²) < 4.78 is 47.3. The molecule has 8 nitrogen and oxygen atoms in total. The van der Waals surface area contributed by atoms with Gasteiger partial charge in [-0.1, -0.05) is 17.3 Å². The normalized spacial score (nSPS) is 19.3. The highest BCUT2D eigenvalue weighted by Gasteiger charge is 2.38. The summed E-state index contributed by atoms with van der Waals surface area (Å²) in [5.41, 5.74) is 0.492. The molecule has 0 aliphatic carbocycles. The average Bonchev–Trinajstić information content (AvgIpc) is 3.25. The molecule has 11 heteroatoms. The van der Waals surface area contributed by atoms with Crippen LogP contribution in [-0.4, -0.2) is 59.7 Å². The molecule has 2 atom stereocenters. The smallest absolute Gasteiger partial charge is 0.383 e. The Labute approximate surface area is 176 Å². The molecule has 2 heterocycles. The van der Waals surface area contributed by atoms with E-state index >= 15 is 0 Å². The first-order valence-electron chi connectivity index (χ1n) is 9.79. The van der Waals surface area contributed by atoms with Crippen molar-refractivity contribution in [3.63, 3.8) is 0 Å². The molecule has 0 saturated carbocycles. The first-order chi connectivity index (χ1) is 14.7. The predicted molar refractivity (Wildman–Crippen MR) is 103 cm³/mol. The maximum absolute atomic E-state index is 13.1. The number of hydrogen-bond donors (Lipinski definition) is 1. The van der Waals surface area contributed by atoms with Crippen molar-refractivity contribution in [2.45, 2.75) is 32.0 Å². The number of halogens is 3. The molecule has 1 fully saturated rings. The molecule has 0 unspecified atom stereocenters. The van der Waals surface area contributed by atoms with Crippen molar-refractivity contribution in [3.05, 3.63) is 35.7 Å². The zero-order valence-corrected chi connectivity index (χ0v) is 17.1. The molecule has 1 aliphatic rings. The zero-order valence-electron chi connectivity index (χ0n) is 17.1. The largest absolute Gasteiger partial charge is 0.471 e. The maximum atomic E-state index is 13.1. The Bertz CT molecular complexity index is 931. The van der Waals surface area contributed by atoms with Gasteiger partial charge in [-0.2, -0.15) is 18.2 Å². The number of methoxy groups -OCH3 is 1. The number of aromatic nitrogens is 2. The Kier molecular flexibility index (Phi) is 6.94. The highest BCUT2D eigenvalue weighted by Crippen LogP contribution is 2.30. The Balaban J connectivity index is 1.75. The van der Waals surface area contributed by atoms with Crippen LogP contribution in [0.15, 0.2) is 28.8 Å². The van der Waals surface area contributed by atoms with Gasteiger partial charge in [-0.25, -0.2) is 0 Å². The summed E-state index contributed by atoms with van der Waals surface area (Å²) in [6, 6.07) is 5.93. The SMILES string of the molecule is COCCNC(=O)[C@H]1CC[C@@H](C)N(C(=O)c2cccc(-c3noc(C(F)(F)F)n3)c2)C1. The van der Waals surface area contributed by atoms with Gasteiger partial charge in [-0.3, -0.25) is 9.59 Å². The lowest BCUT2D eigenvalue weighted by atomic mass is 9.92. The van der Waals surface area contributed by atoms with E-state index in [1.54, 1.807) is 18.1 Å². The molecule has 31 heavy (non-hydrogen) atoms. The third-order valence-electron chi connectivity index (χ3n) is 5.16. The van der Waals surface area contributed by atoms with E-state index in [4.69, 9.17) is 4.74 Å². The summed E-state index contributed by atoms with van der Waals surface area (Å²) in [6.07, 6.45) is -3.43. The van der Waals surface area contributed by atoms with Crippen molar-refractivity contribution in [1.82, 2.24) is 20.4 Å². The lowest BCUT2D eigenvalue weighted by molar-refractivity contribution is -0.159. The molecule has 0 spiro atoms. The molecular weight excluding hydrogens is 417 g/mol.